The third-order valence-corrected chi connectivity index (χ3v) is 4.00. The van der Waals surface area contributed by atoms with E-state index in [0.29, 0.717) is 5.92 Å². The van der Waals surface area contributed by atoms with E-state index in [9.17, 15) is 0 Å². The number of benzene rings is 1. The monoisotopic (exact) mass is 233 g/mol. The minimum atomic E-state index is 0.669. The molecule has 0 radical (unpaired) electrons. The molecule has 17 heavy (non-hydrogen) atoms. The Labute approximate surface area is 102 Å². The highest BCUT2D eigenvalue weighted by atomic mass is 16.5. The van der Waals surface area contributed by atoms with Crippen molar-refractivity contribution in [2.45, 2.75) is 31.7 Å². The fourth-order valence-corrected chi connectivity index (χ4v) is 3.29. The number of aryl methyl sites for hydroxylation is 1. The second kappa shape index (κ2) is 4.22. The first kappa shape index (κ1) is 10.9. The van der Waals surface area contributed by atoms with E-state index in [1.165, 1.54) is 36.0 Å². The van der Waals surface area contributed by atoms with Crippen molar-refractivity contribution in [2.75, 3.05) is 20.8 Å². The Morgan fingerprint density at radius 3 is 2.94 bits per heavy atom. The number of methoxy groups -OCH3 is 2. The number of hydrogen-bond donors (Lipinski definition) is 1. The highest BCUT2D eigenvalue weighted by Crippen LogP contribution is 2.44. The van der Waals surface area contributed by atoms with Crippen LogP contribution in [0.3, 0.4) is 0 Å². The molecule has 92 valence electrons. The molecule has 3 rings (SSSR count). The number of hydrogen-bond acceptors (Lipinski definition) is 3. The predicted octanol–water partition coefficient (Wildman–Crippen LogP) is 2.23. The van der Waals surface area contributed by atoms with Gasteiger partial charge in [0.15, 0.2) is 11.5 Å². The van der Waals surface area contributed by atoms with Crippen molar-refractivity contribution in [1.82, 2.24) is 5.32 Å². The van der Waals surface area contributed by atoms with Gasteiger partial charge in [-0.3, -0.25) is 0 Å². The van der Waals surface area contributed by atoms with Crippen molar-refractivity contribution in [3.8, 4) is 11.5 Å². The summed E-state index contributed by atoms with van der Waals surface area (Å²) in [4.78, 5) is 0. The van der Waals surface area contributed by atoms with Crippen molar-refractivity contribution in [1.29, 1.82) is 0 Å². The average molecular weight is 233 g/mol. The van der Waals surface area contributed by atoms with Crippen molar-refractivity contribution >= 4 is 0 Å². The second-order valence-corrected chi connectivity index (χ2v) is 4.88. The molecule has 1 aliphatic carbocycles. The van der Waals surface area contributed by atoms with Gasteiger partial charge in [-0.15, -0.1) is 0 Å². The molecule has 1 aliphatic heterocycles. The number of ether oxygens (including phenoxy) is 2. The summed E-state index contributed by atoms with van der Waals surface area (Å²) in [5, 5.41) is 3.49. The highest BCUT2D eigenvalue weighted by Gasteiger charge is 2.30. The smallest absolute Gasteiger partial charge is 0.165 e. The molecule has 3 heteroatoms. The van der Waals surface area contributed by atoms with Crippen molar-refractivity contribution in [2.24, 2.45) is 0 Å². The molecule has 2 aliphatic rings. The van der Waals surface area contributed by atoms with Crippen LogP contribution >= 0.6 is 0 Å². The molecule has 0 amide bonds. The normalized spacial score (nSPS) is 21.9. The molecule has 1 atom stereocenters. The molecule has 1 aromatic carbocycles. The summed E-state index contributed by atoms with van der Waals surface area (Å²) in [6.45, 7) is 2.01. The van der Waals surface area contributed by atoms with E-state index in [1.54, 1.807) is 14.2 Å². The van der Waals surface area contributed by atoms with Crippen LogP contribution in [0.15, 0.2) is 6.07 Å². The van der Waals surface area contributed by atoms with E-state index >= 15 is 0 Å². The van der Waals surface area contributed by atoms with Gasteiger partial charge in [-0.1, -0.05) is 0 Å². The number of nitrogens with one attached hydrogen (secondary N) is 1. The summed E-state index contributed by atoms with van der Waals surface area (Å²) in [6, 6.07) is 2.18. The minimum Gasteiger partial charge on any atom is -0.493 e. The van der Waals surface area contributed by atoms with Gasteiger partial charge in [0.25, 0.3) is 0 Å². The van der Waals surface area contributed by atoms with Crippen LogP contribution in [0.25, 0.3) is 0 Å². The Morgan fingerprint density at radius 1 is 1.29 bits per heavy atom. The second-order valence-electron chi connectivity index (χ2n) is 4.88. The van der Waals surface area contributed by atoms with Crippen LogP contribution in [0.4, 0.5) is 0 Å². The summed E-state index contributed by atoms with van der Waals surface area (Å²) in [6.07, 6.45) is 3.76. The molecular formula is C14H19NO2. The van der Waals surface area contributed by atoms with Crippen molar-refractivity contribution < 1.29 is 9.47 Å². The van der Waals surface area contributed by atoms with Crippen LogP contribution in [-0.2, 0) is 13.0 Å². The summed E-state index contributed by atoms with van der Waals surface area (Å²) < 4.78 is 11.0. The molecule has 1 unspecified atom stereocenters. The summed E-state index contributed by atoms with van der Waals surface area (Å²) in [5.41, 5.74) is 4.32. The summed E-state index contributed by atoms with van der Waals surface area (Å²) in [5.74, 6) is 2.47. The topological polar surface area (TPSA) is 30.5 Å². The summed E-state index contributed by atoms with van der Waals surface area (Å²) in [7, 11) is 3.45. The zero-order valence-electron chi connectivity index (χ0n) is 10.5. The molecule has 1 heterocycles. The fraction of sp³-hybridized carbons (Fsp3) is 0.571. The molecule has 1 N–H and O–H groups in total. The van der Waals surface area contributed by atoms with Crippen LogP contribution in [0.5, 0.6) is 11.5 Å². The summed E-state index contributed by atoms with van der Waals surface area (Å²) >= 11 is 0. The quantitative estimate of drug-likeness (QED) is 0.849. The van der Waals surface area contributed by atoms with E-state index in [0.717, 1.165) is 24.6 Å². The maximum atomic E-state index is 5.54. The Bertz CT molecular complexity index is 440. The molecule has 1 aromatic rings. The Hall–Kier alpha value is -1.22. The SMILES string of the molecule is COc1cc2c3c(c1OC)CNCC3CCC2. The first-order chi connectivity index (χ1) is 8.35. The van der Waals surface area contributed by atoms with Gasteiger partial charge >= 0.3 is 0 Å². The number of rotatable bonds is 2. The molecule has 0 spiro atoms. The molecule has 3 nitrogen and oxygen atoms in total. The van der Waals surface area contributed by atoms with Crippen LogP contribution in [0, 0.1) is 0 Å². The Kier molecular flexibility index (Phi) is 2.71. The first-order valence-corrected chi connectivity index (χ1v) is 6.32. The van der Waals surface area contributed by atoms with Gasteiger partial charge in [0.2, 0.25) is 0 Å². The predicted molar refractivity (Wildman–Crippen MR) is 66.9 cm³/mol. The lowest BCUT2D eigenvalue weighted by atomic mass is 9.78. The van der Waals surface area contributed by atoms with Crippen LogP contribution in [0.2, 0.25) is 0 Å². The van der Waals surface area contributed by atoms with Gasteiger partial charge < -0.3 is 14.8 Å². The average Bonchev–Trinajstić information content (AvgIpc) is 2.39. The molecule has 0 saturated carbocycles. The van der Waals surface area contributed by atoms with E-state index in [4.69, 9.17) is 9.47 Å². The molecule has 0 bridgehead atoms. The van der Waals surface area contributed by atoms with Crippen molar-refractivity contribution in [3.63, 3.8) is 0 Å². The Balaban J connectivity index is 2.22. The zero-order valence-corrected chi connectivity index (χ0v) is 10.5. The molecular weight excluding hydrogens is 214 g/mol. The zero-order chi connectivity index (χ0) is 11.8. The van der Waals surface area contributed by atoms with Gasteiger partial charge in [0.05, 0.1) is 14.2 Å². The maximum Gasteiger partial charge on any atom is 0.165 e. The van der Waals surface area contributed by atoms with Gasteiger partial charge in [0, 0.05) is 18.7 Å². The van der Waals surface area contributed by atoms with Crippen LogP contribution in [0.1, 0.15) is 35.4 Å². The molecule has 0 saturated heterocycles. The van der Waals surface area contributed by atoms with E-state index in [2.05, 4.69) is 11.4 Å². The lowest BCUT2D eigenvalue weighted by Gasteiger charge is -2.34. The largest absolute Gasteiger partial charge is 0.493 e. The van der Waals surface area contributed by atoms with Crippen LogP contribution in [-0.4, -0.2) is 20.8 Å². The van der Waals surface area contributed by atoms with Gasteiger partial charge in [0.1, 0.15) is 0 Å². The van der Waals surface area contributed by atoms with E-state index in [-0.39, 0.29) is 0 Å². The lowest BCUT2D eigenvalue weighted by molar-refractivity contribution is 0.343. The first-order valence-electron chi connectivity index (χ1n) is 6.32. The Morgan fingerprint density at radius 2 is 2.18 bits per heavy atom. The standard InChI is InChI=1S/C14H19NO2/c1-16-12-6-9-4-3-5-10-7-15-8-11(13(9)10)14(12)17-2/h6,10,15H,3-5,7-8H2,1-2H3. The molecule has 0 aromatic heterocycles. The maximum absolute atomic E-state index is 5.54. The molecule has 0 fully saturated rings. The van der Waals surface area contributed by atoms with Crippen LogP contribution < -0.4 is 14.8 Å². The van der Waals surface area contributed by atoms with Gasteiger partial charge in [-0.25, -0.2) is 0 Å². The highest BCUT2D eigenvalue weighted by molar-refractivity contribution is 5.57. The van der Waals surface area contributed by atoms with E-state index < -0.39 is 0 Å². The fourth-order valence-electron chi connectivity index (χ4n) is 3.29. The minimum absolute atomic E-state index is 0.669. The van der Waals surface area contributed by atoms with Gasteiger partial charge in [-0.05, 0) is 42.4 Å². The van der Waals surface area contributed by atoms with E-state index in [1.807, 2.05) is 0 Å². The van der Waals surface area contributed by atoms with Gasteiger partial charge in [-0.2, -0.15) is 0 Å². The lowest BCUT2D eigenvalue weighted by Crippen LogP contribution is -2.31. The van der Waals surface area contributed by atoms with Crippen molar-refractivity contribution in [3.05, 3.63) is 22.8 Å². The third-order valence-electron chi connectivity index (χ3n) is 4.00. The third kappa shape index (κ3) is 1.61.